The van der Waals surface area contributed by atoms with Gasteiger partial charge in [-0.3, -0.25) is 9.69 Å². The van der Waals surface area contributed by atoms with Crippen LogP contribution in [0.3, 0.4) is 0 Å². The van der Waals surface area contributed by atoms with Gasteiger partial charge in [-0.2, -0.15) is 0 Å². The summed E-state index contributed by atoms with van der Waals surface area (Å²) in [5.74, 6) is 1.90. The maximum absolute atomic E-state index is 12.3. The Kier molecular flexibility index (Phi) is 6.84. The van der Waals surface area contributed by atoms with Crippen molar-refractivity contribution < 1.29 is 18.8 Å². The third-order valence-corrected chi connectivity index (χ3v) is 4.62. The first-order valence-corrected chi connectivity index (χ1v) is 9.33. The standard InChI is InChI=1S/C20H27N3O4/c1-15-12-19(22-27-15)21-20(24)9-10-23(14-17-7-5-11-26-17)13-16-6-3-4-8-18(16)25-2/h3-4,6,8,12,17H,5,7,9-11,13-14H2,1-2H3,(H,21,22,24). The molecule has 1 atom stereocenters. The second kappa shape index (κ2) is 9.53. The maximum Gasteiger partial charge on any atom is 0.226 e. The van der Waals surface area contributed by atoms with Gasteiger partial charge in [-0.15, -0.1) is 0 Å². The lowest BCUT2D eigenvalue weighted by Crippen LogP contribution is -2.34. The molecule has 0 bridgehead atoms. The minimum atomic E-state index is -0.0827. The highest BCUT2D eigenvalue weighted by Crippen LogP contribution is 2.21. The van der Waals surface area contributed by atoms with Crippen LogP contribution in [0.2, 0.25) is 0 Å². The molecular weight excluding hydrogens is 346 g/mol. The van der Waals surface area contributed by atoms with Crippen LogP contribution in [-0.4, -0.2) is 48.9 Å². The summed E-state index contributed by atoms with van der Waals surface area (Å²) in [5, 5.41) is 6.57. The molecule has 1 fully saturated rings. The Labute approximate surface area is 159 Å². The zero-order valence-electron chi connectivity index (χ0n) is 15.9. The van der Waals surface area contributed by atoms with Crippen LogP contribution in [0.1, 0.15) is 30.6 Å². The molecule has 3 rings (SSSR count). The summed E-state index contributed by atoms with van der Waals surface area (Å²) in [5.41, 5.74) is 1.10. The lowest BCUT2D eigenvalue weighted by atomic mass is 10.1. The van der Waals surface area contributed by atoms with E-state index in [1.165, 1.54) is 0 Å². The number of ether oxygens (including phenoxy) is 2. The smallest absolute Gasteiger partial charge is 0.226 e. The van der Waals surface area contributed by atoms with Gasteiger partial charge in [0.25, 0.3) is 0 Å². The molecule has 7 heteroatoms. The summed E-state index contributed by atoms with van der Waals surface area (Å²) >= 11 is 0. The zero-order valence-corrected chi connectivity index (χ0v) is 15.9. The molecule has 1 aliphatic rings. The lowest BCUT2D eigenvalue weighted by molar-refractivity contribution is -0.116. The molecule has 1 aromatic heterocycles. The molecule has 1 unspecified atom stereocenters. The van der Waals surface area contributed by atoms with E-state index in [0.29, 0.717) is 31.1 Å². The van der Waals surface area contributed by atoms with Crippen LogP contribution in [0.5, 0.6) is 5.75 Å². The van der Waals surface area contributed by atoms with Crippen LogP contribution in [0.25, 0.3) is 0 Å². The molecule has 2 heterocycles. The van der Waals surface area contributed by atoms with E-state index in [2.05, 4.69) is 21.4 Å². The first-order valence-electron chi connectivity index (χ1n) is 9.33. The summed E-state index contributed by atoms with van der Waals surface area (Å²) in [6, 6.07) is 9.68. The van der Waals surface area contributed by atoms with Crippen LogP contribution in [0, 0.1) is 6.92 Å². The molecule has 1 aliphatic heterocycles. The molecule has 0 saturated carbocycles. The van der Waals surface area contributed by atoms with Crippen LogP contribution in [-0.2, 0) is 16.1 Å². The second-order valence-electron chi connectivity index (χ2n) is 6.80. The van der Waals surface area contributed by atoms with Gasteiger partial charge in [-0.1, -0.05) is 23.4 Å². The van der Waals surface area contributed by atoms with E-state index >= 15 is 0 Å². The Morgan fingerprint density at radius 3 is 2.96 bits per heavy atom. The lowest BCUT2D eigenvalue weighted by Gasteiger charge is -2.25. The monoisotopic (exact) mass is 373 g/mol. The molecule has 1 saturated heterocycles. The Morgan fingerprint density at radius 2 is 2.26 bits per heavy atom. The number of aryl methyl sites for hydroxylation is 1. The fraction of sp³-hybridized carbons (Fsp3) is 0.500. The number of aromatic nitrogens is 1. The number of hydrogen-bond donors (Lipinski definition) is 1. The largest absolute Gasteiger partial charge is 0.496 e. The molecule has 0 spiro atoms. The zero-order chi connectivity index (χ0) is 19.1. The molecule has 2 aromatic rings. The third-order valence-electron chi connectivity index (χ3n) is 4.62. The van der Waals surface area contributed by atoms with E-state index in [1.807, 2.05) is 18.2 Å². The highest BCUT2D eigenvalue weighted by molar-refractivity contribution is 5.89. The summed E-state index contributed by atoms with van der Waals surface area (Å²) < 4.78 is 16.2. The van der Waals surface area contributed by atoms with Gasteiger partial charge in [0.15, 0.2) is 5.82 Å². The van der Waals surface area contributed by atoms with Crippen molar-refractivity contribution >= 4 is 11.7 Å². The van der Waals surface area contributed by atoms with Crippen molar-refractivity contribution in [2.45, 2.75) is 38.8 Å². The van der Waals surface area contributed by atoms with Gasteiger partial charge in [0.05, 0.1) is 13.2 Å². The number of nitrogens with one attached hydrogen (secondary N) is 1. The van der Waals surface area contributed by atoms with Gasteiger partial charge in [0.2, 0.25) is 5.91 Å². The third kappa shape index (κ3) is 5.80. The molecule has 1 amide bonds. The summed E-state index contributed by atoms with van der Waals surface area (Å²) in [6.07, 6.45) is 2.75. The summed E-state index contributed by atoms with van der Waals surface area (Å²) in [4.78, 5) is 14.5. The number of rotatable bonds is 9. The van der Waals surface area contributed by atoms with E-state index in [9.17, 15) is 4.79 Å². The van der Waals surface area contributed by atoms with Crippen molar-refractivity contribution in [2.24, 2.45) is 0 Å². The molecule has 0 aliphatic carbocycles. The van der Waals surface area contributed by atoms with Crippen LogP contribution in [0.4, 0.5) is 5.82 Å². The average molecular weight is 373 g/mol. The van der Waals surface area contributed by atoms with Crippen molar-refractivity contribution in [3.05, 3.63) is 41.7 Å². The van der Waals surface area contributed by atoms with Gasteiger partial charge in [-0.25, -0.2) is 0 Å². The van der Waals surface area contributed by atoms with Crippen LogP contribution < -0.4 is 10.1 Å². The quantitative estimate of drug-likeness (QED) is 0.728. The molecule has 7 nitrogen and oxygen atoms in total. The van der Waals surface area contributed by atoms with Crippen molar-refractivity contribution in [3.8, 4) is 5.75 Å². The number of methoxy groups -OCH3 is 1. The Hall–Kier alpha value is -2.38. The highest BCUT2D eigenvalue weighted by atomic mass is 16.5. The van der Waals surface area contributed by atoms with Gasteiger partial charge >= 0.3 is 0 Å². The number of para-hydroxylation sites is 1. The number of benzene rings is 1. The molecular formula is C20H27N3O4. The van der Waals surface area contributed by atoms with E-state index in [0.717, 1.165) is 37.3 Å². The van der Waals surface area contributed by atoms with Gasteiger partial charge in [-0.05, 0) is 25.8 Å². The van der Waals surface area contributed by atoms with E-state index in [1.54, 1.807) is 20.1 Å². The first kappa shape index (κ1) is 19.4. The van der Waals surface area contributed by atoms with E-state index in [-0.39, 0.29) is 12.0 Å². The van der Waals surface area contributed by atoms with E-state index < -0.39 is 0 Å². The second-order valence-corrected chi connectivity index (χ2v) is 6.80. The first-order chi connectivity index (χ1) is 13.1. The van der Waals surface area contributed by atoms with E-state index in [4.69, 9.17) is 14.0 Å². The predicted octanol–water partition coefficient (Wildman–Crippen LogP) is 3.00. The van der Waals surface area contributed by atoms with Gasteiger partial charge in [0.1, 0.15) is 11.5 Å². The van der Waals surface area contributed by atoms with Crippen molar-refractivity contribution in [1.29, 1.82) is 0 Å². The van der Waals surface area contributed by atoms with Crippen LogP contribution >= 0.6 is 0 Å². The summed E-state index contributed by atoms with van der Waals surface area (Å²) in [7, 11) is 1.68. The number of hydrogen-bond acceptors (Lipinski definition) is 6. The molecule has 1 aromatic carbocycles. The molecule has 146 valence electrons. The summed E-state index contributed by atoms with van der Waals surface area (Å²) in [6.45, 7) is 4.74. The number of amides is 1. The molecule has 27 heavy (non-hydrogen) atoms. The topological polar surface area (TPSA) is 76.8 Å². The Bertz CT molecular complexity index is 740. The minimum Gasteiger partial charge on any atom is -0.496 e. The fourth-order valence-electron chi connectivity index (χ4n) is 3.28. The van der Waals surface area contributed by atoms with Gasteiger partial charge in [0, 0.05) is 44.3 Å². The number of carbonyl (C=O) groups is 1. The van der Waals surface area contributed by atoms with Crippen molar-refractivity contribution in [1.82, 2.24) is 10.1 Å². The SMILES string of the molecule is COc1ccccc1CN(CCC(=O)Nc1cc(C)on1)CC1CCCO1. The fourth-order valence-corrected chi connectivity index (χ4v) is 3.28. The predicted molar refractivity (Wildman–Crippen MR) is 102 cm³/mol. The Balaban J connectivity index is 1.59. The number of anilines is 1. The average Bonchev–Trinajstić information content (AvgIpc) is 3.32. The Morgan fingerprint density at radius 1 is 1.41 bits per heavy atom. The maximum atomic E-state index is 12.3. The van der Waals surface area contributed by atoms with Gasteiger partial charge < -0.3 is 19.3 Å². The molecule has 1 N–H and O–H groups in total. The molecule has 0 radical (unpaired) electrons. The van der Waals surface area contributed by atoms with Crippen LogP contribution in [0.15, 0.2) is 34.9 Å². The van der Waals surface area contributed by atoms with Crippen molar-refractivity contribution in [3.63, 3.8) is 0 Å². The normalized spacial score (nSPS) is 16.6. The minimum absolute atomic E-state index is 0.0827. The number of nitrogens with zero attached hydrogens (tertiary/aromatic N) is 2. The number of carbonyl (C=O) groups excluding carboxylic acids is 1. The highest BCUT2D eigenvalue weighted by Gasteiger charge is 2.21. The van der Waals surface area contributed by atoms with Crippen molar-refractivity contribution in [2.75, 3.05) is 32.1 Å².